The number of benzene rings is 1. The Balaban J connectivity index is 0.00000133. The van der Waals surface area contributed by atoms with Crippen molar-refractivity contribution in [1.29, 1.82) is 0 Å². The molecule has 0 aliphatic heterocycles. The Bertz CT molecular complexity index is 678. The first-order chi connectivity index (χ1) is 8.86. The third-order valence-corrected chi connectivity index (χ3v) is 3.06. The van der Waals surface area contributed by atoms with E-state index in [1.165, 1.54) is 11.2 Å². The number of hydrogen-bond donors (Lipinski definition) is 0. The van der Waals surface area contributed by atoms with Gasteiger partial charge >= 0.3 is 0 Å². The van der Waals surface area contributed by atoms with Gasteiger partial charge in [0.15, 0.2) is 0 Å². The van der Waals surface area contributed by atoms with Gasteiger partial charge < -0.3 is 17.1 Å². The summed E-state index contributed by atoms with van der Waals surface area (Å²) in [5, 5.41) is 0. The van der Waals surface area contributed by atoms with Gasteiger partial charge in [-0.05, 0) is 23.8 Å². The molecular formula is C15H15ClN2O. The second-order valence-electron chi connectivity index (χ2n) is 4.24. The molecule has 0 N–H and O–H groups in total. The molecule has 1 aromatic carbocycles. The fourth-order valence-corrected chi connectivity index (χ4v) is 2.15. The highest BCUT2D eigenvalue weighted by atomic mass is 35.5. The lowest BCUT2D eigenvalue weighted by molar-refractivity contribution is -0.661. The standard InChI is InChI=1S/C15H15N2O.ClH/c1-18-14-6-4-5-13(11-14)12-17-10-9-16-8-3-2-7-15(16)17;/h2-11H,12H2,1H3;1H/q+1;/p-1. The van der Waals surface area contributed by atoms with Crippen LogP contribution in [-0.2, 0) is 6.54 Å². The summed E-state index contributed by atoms with van der Waals surface area (Å²) in [7, 11) is 1.69. The second kappa shape index (κ2) is 5.76. The number of methoxy groups -OCH3 is 1. The van der Waals surface area contributed by atoms with E-state index in [9.17, 15) is 0 Å². The van der Waals surface area contributed by atoms with Crippen molar-refractivity contribution in [1.82, 2.24) is 4.40 Å². The van der Waals surface area contributed by atoms with Gasteiger partial charge in [0, 0.05) is 6.07 Å². The van der Waals surface area contributed by atoms with Crippen molar-refractivity contribution in [2.75, 3.05) is 7.11 Å². The van der Waals surface area contributed by atoms with Crippen molar-refractivity contribution < 1.29 is 21.7 Å². The van der Waals surface area contributed by atoms with E-state index < -0.39 is 0 Å². The van der Waals surface area contributed by atoms with Gasteiger partial charge in [-0.25, -0.2) is 8.97 Å². The molecule has 0 radical (unpaired) electrons. The van der Waals surface area contributed by atoms with Crippen molar-refractivity contribution in [3.8, 4) is 5.75 Å². The lowest BCUT2D eigenvalue weighted by atomic mass is 10.2. The first kappa shape index (κ1) is 13.4. The highest BCUT2D eigenvalue weighted by Gasteiger charge is 2.08. The zero-order valence-electron chi connectivity index (χ0n) is 10.7. The fraction of sp³-hybridized carbons (Fsp3) is 0.133. The van der Waals surface area contributed by atoms with Crippen LogP contribution in [0.2, 0.25) is 0 Å². The zero-order chi connectivity index (χ0) is 12.4. The van der Waals surface area contributed by atoms with Crippen LogP contribution in [0.5, 0.6) is 5.75 Å². The molecular weight excluding hydrogens is 260 g/mol. The number of nitrogens with zero attached hydrogens (tertiary/aromatic N) is 2. The van der Waals surface area contributed by atoms with Crippen LogP contribution in [0.1, 0.15) is 5.56 Å². The Morgan fingerprint density at radius 1 is 1.11 bits per heavy atom. The minimum Gasteiger partial charge on any atom is -1.00 e. The summed E-state index contributed by atoms with van der Waals surface area (Å²) >= 11 is 0. The molecule has 19 heavy (non-hydrogen) atoms. The van der Waals surface area contributed by atoms with Gasteiger partial charge in [0.25, 0.3) is 5.65 Å². The molecule has 3 aromatic rings. The molecule has 0 aliphatic carbocycles. The molecule has 98 valence electrons. The molecule has 0 fully saturated rings. The maximum Gasteiger partial charge on any atom is 0.286 e. The van der Waals surface area contributed by atoms with Crippen LogP contribution in [0.15, 0.2) is 61.1 Å². The number of imidazole rings is 1. The Morgan fingerprint density at radius 3 is 2.84 bits per heavy atom. The summed E-state index contributed by atoms with van der Waals surface area (Å²) in [5.74, 6) is 0.900. The predicted molar refractivity (Wildman–Crippen MR) is 69.7 cm³/mol. The van der Waals surface area contributed by atoms with E-state index >= 15 is 0 Å². The summed E-state index contributed by atoms with van der Waals surface area (Å²) in [6.07, 6.45) is 6.21. The molecule has 0 spiro atoms. The fourth-order valence-electron chi connectivity index (χ4n) is 2.15. The van der Waals surface area contributed by atoms with Gasteiger partial charge in [-0.3, -0.25) is 0 Å². The molecule has 2 aromatic heterocycles. The molecule has 0 aliphatic rings. The highest BCUT2D eigenvalue weighted by Crippen LogP contribution is 2.12. The zero-order valence-corrected chi connectivity index (χ0v) is 11.4. The summed E-state index contributed by atoms with van der Waals surface area (Å²) < 4.78 is 9.58. The first-order valence-corrected chi connectivity index (χ1v) is 5.95. The van der Waals surface area contributed by atoms with Gasteiger partial charge in [-0.2, -0.15) is 0 Å². The van der Waals surface area contributed by atoms with Gasteiger partial charge in [0.1, 0.15) is 24.7 Å². The number of pyridine rings is 1. The van der Waals surface area contributed by atoms with E-state index in [0.717, 1.165) is 12.3 Å². The highest BCUT2D eigenvalue weighted by molar-refractivity contribution is 5.32. The van der Waals surface area contributed by atoms with Crippen LogP contribution in [-0.4, -0.2) is 11.5 Å². The van der Waals surface area contributed by atoms with Crippen LogP contribution in [0.3, 0.4) is 0 Å². The van der Waals surface area contributed by atoms with Gasteiger partial charge in [-0.15, -0.1) is 0 Å². The number of hydrogen-bond acceptors (Lipinski definition) is 1. The maximum atomic E-state index is 5.25. The van der Waals surface area contributed by atoms with Gasteiger partial charge in [0.05, 0.1) is 13.3 Å². The van der Waals surface area contributed by atoms with E-state index in [4.69, 9.17) is 4.74 Å². The average Bonchev–Trinajstić information content (AvgIpc) is 2.83. The Kier molecular flexibility index (Phi) is 4.07. The first-order valence-electron chi connectivity index (χ1n) is 5.95. The van der Waals surface area contributed by atoms with Crippen molar-refractivity contribution in [2.45, 2.75) is 6.54 Å². The van der Waals surface area contributed by atoms with Gasteiger partial charge in [-0.1, -0.05) is 18.2 Å². The minimum absolute atomic E-state index is 0. The number of fused-ring (bicyclic) bond motifs is 1. The molecule has 2 heterocycles. The molecule has 0 saturated heterocycles. The molecule has 3 rings (SSSR count). The molecule has 4 heteroatoms. The van der Waals surface area contributed by atoms with E-state index in [-0.39, 0.29) is 12.4 Å². The predicted octanol–water partition coefficient (Wildman–Crippen LogP) is -0.712. The molecule has 3 nitrogen and oxygen atoms in total. The van der Waals surface area contributed by atoms with Crippen molar-refractivity contribution in [2.24, 2.45) is 0 Å². The molecule has 0 bridgehead atoms. The maximum absolute atomic E-state index is 5.25. The second-order valence-corrected chi connectivity index (χ2v) is 4.24. The minimum atomic E-state index is 0. The van der Waals surface area contributed by atoms with Crippen molar-refractivity contribution in [3.05, 3.63) is 66.6 Å². The SMILES string of the molecule is COc1cccc(C[n+]2ccn3ccccc32)c1.[Cl-]. The third kappa shape index (κ3) is 2.71. The lowest BCUT2D eigenvalue weighted by Gasteiger charge is -2.02. The van der Waals surface area contributed by atoms with Crippen LogP contribution in [0.4, 0.5) is 0 Å². The monoisotopic (exact) mass is 274 g/mol. The quantitative estimate of drug-likeness (QED) is 0.577. The number of ether oxygens (including phenoxy) is 1. The van der Waals surface area contributed by atoms with Gasteiger partial charge in [0.2, 0.25) is 0 Å². The summed E-state index contributed by atoms with van der Waals surface area (Å²) in [5.41, 5.74) is 2.41. The lowest BCUT2D eigenvalue weighted by Crippen LogP contribution is -3.00. The van der Waals surface area contributed by atoms with Crippen LogP contribution in [0, 0.1) is 0 Å². The Morgan fingerprint density at radius 2 is 2.00 bits per heavy atom. The molecule has 0 amide bonds. The Labute approximate surface area is 118 Å². The third-order valence-electron chi connectivity index (χ3n) is 3.06. The van der Waals surface area contributed by atoms with Crippen molar-refractivity contribution >= 4 is 5.65 Å². The average molecular weight is 275 g/mol. The van der Waals surface area contributed by atoms with E-state index in [0.29, 0.717) is 0 Å². The number of rotatable bonds is 3. The summed E-state index contributed by atoms with van der Waals surface area (Å²) in [6.45, 7) is 0.845. The number of aromatic nitrogens is 2. The summed E-state index contributed by atoms with van der Waals surface area (Å²) in [6, 6.07) is 14.4. The number of halogens is 1. The van der Waals surface area contributed by atoms with Crippen LogP contribution < -0.4 is 21.7 Å². The summed E-state index contributed by atoms with van der Waals surface area (Å²) in [4.78, 5) is 0. The topological polar surface area (TPSA) is 17.5 Å². The van der Waals surface area contributed by atoms with E-state index in [1.54, 1.807) is 7.11 Å². The van der Waals surface area contributed by atoms with Crippen molar-refractivity contribution in [3.63, 3.8) is 0 Å². The molecule has 0 atom stereocenters. The van der Waals surface area contributed by atoms with Crippen LogP contribution >= 0.6 is 0 Å². The largest absolute Gasteiger partial charge is 1.00 e. The van der Waals surface area contributed by atoms with E-state index in [1.807, 2.05) is 18.2 Å². The van der Waals surface area contributed by atoms with Crippen LogP contribution in [0.25, 0.3) is 5.65 Å². The molecule has 0 saturated carbocycles. The van der Waals surface area contributed by atoms with E-state index in [2.05, 4.69) is 51.8 Å². The Hall–Kier alpha value is -2.00. The smallest absolute Gasteiger partial charge is 0.286 e. The molecule has 0 unspecified atom stereocenters. The normalized spacial score (nSPS) is 10.2.